The van der Waals surface area contributed by atoms with Crippen LogP contribution in [0.15, 0.2) is 12.1 Å². The Bertz CT molecular complexity index is 393. The Balaban J connectivity index is 3.03. The molecule has 2 unspecified atom stereocenters. The predicted octanol–water partition coefficient (Wildman–Crippen LogP) is 3.11. The molecule has 5 heteroatoms. The van der Waals surface area contributed by atoms with Gasteiger partial charge in [-0.3, -0.25) is 0 Å². The highest BCUT2D eigenvalue weighted by Gasteiger charge is 2.16. The molecule has 0 amide bonds. The van der Waals surface area contributed by atoms with Crippen molar-refractivity contribution in [1.29, 1.82) is 0 Å². The monoisotopic (exact) mass is 366 g/mol. The largest absolute Gasteiger partial charge is 0.493 e. The fourth-order valence-electron chi connectivity index (χ4n) is 1.53. The number of methoxy groups -OCH3 is 1. The lowest BCUT2D eigenvalue weighted by Crippen LogP contribution is -2.17. The summed E-state index contributed by atoms with van der Waals surface area (Å²) >= 11 is 2.16. The summed E-state index contributed by atoms with van der Waals surface area (Å²) in [5.41, 5.74) is 0.799. The van der Waals surface area contributed by atoms with Crippen molar-refractivity contribution < 1.29 is 19.3 Å². The van der Waals surface area contributed by atoms with Gasteiger partial charge in [-0.15, -0.1) is 0 Å². The molecule has 1 aromatic rings. The van der Waals surface area contributed by atoms with Crippen molar-refractivity contribution >= 4 is 22.6 Å². The van der Waals surface area contributed by atoms with Crippen molar-refractivity contribution in [2.75, 3.05) is 13.7 Å². The van der Waals surface area contributed by atoms with Crippen LogP contribution in [0.4, 0.5) is 0 Å². The van der Waals surface area contributed by atoms with Crippen molar-refractivity contribution in [1.82, 2.24) is 0 Å². The summed E-state index contributed by atoms with van der Waals surface area (Å²) in [6, 6.07) is 3.66. The minimum atomic E-state index is -0.536. The molecule has 0 aliphatic heterocycles. The molecule has 1 aromatic carbocycles. The zero-order valence-corrected chi connectivity index (χ0v) is 13.2. The highest BCUT2D eigenvalue weighted by atomic mass is 127. The van der Waals surface area contributed by atoms with Gasteiger partial charge in [0.1, 0.15) is 0 Å². The van der Waals surface area contributed by atoms with E-state index in [2.05, 4.69) is 22.6 Å². The Morgan fingerprint density at radius 2 is 2.00 bits per heavy atom. The van der Waals surface area contributed by atoms with Gasteiger partial charge >= 0.3 is 0 Å². The zero-order chi connectivity index (χ0) is 13.7. The van der Waals surface area contributed by atoms with Gasteiger partial charge in [-0.2, -0.15) is 0 Å². The first-order chi connectivity index (χ1) is 8.49. The first kappa shape index (κ1) is 15.5. The van der Waals surface area contributed by atoms with Crippen LogP contribution in [-0.4, -0.2) is 25.1 Å². The SMILES string of the molecule is CCOC(C)Oc1c(I)cc(C(C)O)cc1OC. The minimum Gasteiger partial charge on any atom is -0.493 e. The summed E-state index contributed by atoms with van der Waals surface area (Å²) in [6.07, 6.45) is -0.874. The summed E-state index contributed by atoms with van der Waals surface area (Å²) in [7, 11) is 1.58. The fourth-order valence-corrected chi connectivity index (χ4v) is 2.28. The number of aliphatic hydroxyl groups is 1. The van der Waals surface area contributed by atoms with Crippen LogP contribution in [-0.2, 0) is 4.74 Å². The number of aliphatic hydroxyl groups excluding tert-OH is 1. The van der Waals surface area contributed by atoms with Gasteiger partial charge in [-0.1, -0.05) is 0 Å². The normalized spacial score (nSPS) is 14.1. The summed E-state index contributed by atoms with van der Waals surface area (Å²) in [6.45, 7) is 6.06. The van der Waals surface area contributed by atoms with Crippen LogP contribution in [0.5, 0.6) is 11.5 Å². The molecule has 0 saturated heterocycles. The third-order valence-corrected chi connectivity index (χ3v) is 3.22. The molecule has 0 aromatic heterocycles. The molecular weight excluding hydrogens is 347 g/mol. The molecule has 0 heterocycles. The second kappa shape index (κ2) is 7.16. The van der Waals surface area contributed by atoms with Crippen LogP contribution in [0.3, 0.4) is 0 Å². The highest BCUT2D eigenvalue weighted by molar-refractivity contribution is 14.1. The van der Waals surface area contributed by atoms with Gasteiger partial charge in [-0.05, 0) is 61.1 Å². The first-order valence-corrected chi connectivity index (χ1v) is 6.91. The van der Waals surface area contributed by atoms with Gasteiger partial charge in [-0.25, -0.2) is 0 Å². The summed E-state index contributed by atoms with van der Waals surface area (Å²) in [4.78, 5) is 0. The molecule has 1 N–H and O–H groups in total. The first-order valence-electron chi connectivity index (χ1n) is 5.83. The Labute approximate surface area is 121 Å². The second-order valence-electron chi connectivity index (χ2n) is 3.85. The van der Waals surface area contributed by atoms with Gasteiger partial charge in [0.25, 0.3) is 0 Å². The topological polar surface area (TPSA) is 47.9 Å². The van der Waals surface area contributed by atoms with Gasteiger partial charge in [0.2, 0.25) is 0 Å². The van der Waals surface area contributed by atoms with Crippen molar-refractivity contribution in [3.63, 3.8) is 0 Å². The number of rotatable bonds is 6. The van der Waals surface area contributed by atoms with E-state index in [0.717, 1.165) is 9.13 Å². The van der Waals surface area contributed by atoms with Crippen LogP contribution in [0.25, 0.3) is 0 Å². The molecule has 4 nitrogen and oxygen atoms in total. The van der Waals surface area contributed by atoms with Gasteiger partial charge in [0, 0.05) is 6.61 Å². The average molecular weight is 366 g/mol. The second-order valence-corrected chi connectivity index (χ2v) is 5.01. The van der Waals surface area contributed by atoms with E-state index < -0.39 is 6.10 Å². The van der Waals surface area contributed by atoms with Crippen molar-refractivity contribution in [3.05, 3.63) is 21.3 Å². The maximum atomic E-state index is 9.60. The van der Waals surface area contributed by atoms with E-state index in [1.807, 2.05) is 19.9 Å². The maximum Gasteiger partial charge on any atom is 0.197 e. The number of benzene rings is 1. The molecule has 0 aliphatic rings. The third-order valence-electron chi connectivity index (χ3n) is 2.42. The van der Waals surface area contributed by atoms with Crippen LogP contribution in [0.1, 0.15) is 32.4 Å². The van der Waals surface area contributed by atoms with Crippen LogP contribution in [0.2, 0.25) is 0 Å². The molecule has 18 heavy (non-hydrogen) atoms. The summed E-state index contributed by atoms with van der Waals surface area (Å²) < 4.78 is 17.2. The average Bonchev–Trinajstić information content (AvgIpc) is 2.31. The molecule has 2 atom stereocenters. The smallest absolute Gasteiger partial charge is 0.197 e. The van der Waals surface area contributed by atoms with Crippen molar-refractivity contribution in [2.24, 2.45) is 0 Å². The molecular formula is C13H19IO4. The third kappa shape index (κ3) is 4.00. The zero-order valence-electron chi connectivity index (χ0n) is 11.1. The van der Waals surface area contributed by atoms with E-state index >= 15 is 0 Å². The Morgan fingerprint density at radius 3 is 2.50 bits per heavy atom. The van der Waals surface area contributed by atoms with Gasteiger partial charge < -0.3 is 19.3 Å². The number of hydrogen-bond donors (Lipinski definition) is 1. The number of hydrogen-bond acceptors (Lipinski definition) is 4. The van der Waals surface area contributed by atoms with E-state index in [-0.39, 0.29) is 6.29 Å². The van der Waals surface area contributed by atoms with E-state index in [4.69, 9.17) is 14.2 Å². The standard InChI is InChI=1S/C13H19IO4/c1-5-17-9(3)18-13-11(14)6-10(8(2)15)7-12(13)16-4/h6-9,15H,5H2,1-4H3. The van der Waals surface area contributed by atoms with E-state index in [0.29, 0.717) is 18.1 Å². The molecule has 0 spiro atoms. The molecule has 102 valence electrons. The quantitative estimate of drug-likeness (QED) is 0.621. The lowest BCUT2D eigenvalue weighted by atomic mass is 10.1. The maximum absolute atomic E-state index is 9.60. The lowest BCUT2D eigenvalue weighted by Gasteiger charge is -2.19. The van der Waals surface area contributed by atoms with Crippen LogP contribution >= 0.6 is 22.6 Å². The molecule has 0 bridgehead atoms. The number of halogens is 1. The van der Waals surface area contributed by atoms with Gasteiger partial charge in [0.05, 0.1) is 16.8 Å². The molecule has 1 rings (SSSR count). The van der Waals surface area contributed by atoms with E-state index in [1.165, 1.54) is 0 Å². The van der Waals surface area contributed by atoms with Crippen LogP contribution in [0, 0.1) is 3.57 Å². The molecule has 0 aliphatic carbocycles. The van der Waals surface area contributed by atoms with Crippen molar-refractivity contribution in [3.8, 4) is 11.5 Å². The predicted molar refractivity (Wildman–Crippen MR) is 78.1 cm³/mol. The lowest BCUT2D eigenvalue weighted by molar-refractivity contribution is -0.0628. The van der Waals surface area contributed by atoms with Crippen molar-refractivity contribution in [2.45, 2.75) is 33.2 Å². The molecule has 0 radical (unpaired) electrons. The van der Waals surface area contributed by atoms with E-state index in [9.17, 15) is 5.11 Å². The summed E-state index contributed by atoms with van der Waals surface area (Å²) in [5.74, 6) is 1.24. The van der Waals surface area contributed by atoms with E-state index in [1.54, 1.807) is 20.1 Å². The number of ether oxygens (including phenoxy) is 3. The highest BCUT2D eigenvalue weighted by Crippen LogP contribution is 2.36. The fraction of sp³-hybridized carbons (Fsp3) is 0.538. The summed E-state index contributed by atoms with van der Waals surface area (Å²) in [5, 5.41) is 9.60. The minimum absolute atomic E-state index is 0.338. The molecule has 0 fully saturated rings. The molecule has 0 saturated carbocycles. The van der Waals surface area contributed by atoms with Gasteiger partial charge in [0.15, 0.2) is 17.8 Å². The Kier molecular flexibility index (Phi) is 6.17. The Hall–Kier alpha value is -0.530. The Morgan fingerprint density at radius 1 is 1.33 bits per heavy atom. The van der Waals surface area contributed by atoms with Crippen LogP contribution < -0.4 is 9.47 Å².